The predicted molar refractivity (Wildman–Crippen MR) is 72.3 cm³/mol. The van der Waals surface area contributed by atoms with Crippen molar-refractivity contribution in [2.45, 2.75) is 57.9 Å². The summed E-state index contributed by atoms with van der Waals surface area (Å²) in [6.07, 6.45) is 10.8. The lowest BCUT2D eigenvalue weighted by Gasteiger charge is -2.14. The van der Waals surface area contributed by atoms with Gasteiger partial charge in [-0.05, 0) is 18.6 Å². The number of rotatable bonds is 9. The Balaban J connectivity index is 2.20. The molecular weight excluding hydrogens is 210 g/mol. The van der Waals surface area contributed by atoms with Gasteiger partial charge in [0.15, 0.2) is 0 Å². The molecule has 3 nitrogen and oxygen atoms in total. The molecule has 0 aliphatic rings. The minimum absolute atomic E-state index is 0.197. The molecule has 1 heterocycles. The minimum Gasteiger partial charge on any atom is -0.271 e. The summed E-state index contributed by atoms with van der Waals surface area (Å²) in [5, 5.41) is 0. The zero-order chi connectivity index (χ0) is 12.3. The average molecular weight is 235 g/mol. The van der Waals surface area contributed by atoms with E-state index in [0.29, 0.717) is 0 Å². The normalized spacial score (nSPS) is 12.6. The second kappa shape index (κ2) is 9.14. The number of nitrogens with one attached hydrogen (secondary N) is 1. The molecule has 3 heteroatoms. The Kier molecular flexibility index (Phi) is 7.60. The molecule has 0 saturated carbocycles. The van der Waals surface area contributed by atoms with Gasteiger partial charge in [0.25, 0.3) is 0 Å². The van der Waals surface area contributed by atoms with Gasteiger partial charge in [0.2, 0.25) is 0 Å². The van der Waals surface area contributed by atoms with Gasteiger partial charge in [-0.15, -0.1) is 0 Å². The Morgan fingerprint density at radius 1 is 1.18 bits per heavy atom. The molecule has 0 aliphatic carbocycles. The van der Waals surface area contributed by atoms with Crippen LogP contribution in [0, 0.1) is 0 Å². The van der Waals surface area contributed by atoms with Crippen molar-refractivity contribution in [3.8, 4) is 0 Å². The van der Waals surface area contributed by atoms with Gasteiger partial charge in [-0.25, -0.2) is 0 Å². The van der Waals surface area contributed by atoms with Gasteiger partial charge in [0.1, 0.15) is 0 Å². The lowest BCUT2D eigenvalue weighted by molar-refractivity contribution is 0.468. The molecule has 0 aromatic carbocycles. The van der Waals surface area contributed by atoms with Gasteiger partial charge in [0.05, 0.1) is 11.7 Å². The molecule has 0 radical (unpaired) electrons. The Labute approximate surface area is 105 Å². The Morgan fingerprint density at radius 3 is 2.59 bits per heavy atom. The van der Waals surface area contributed by atoms with Crippen molar-refractivity contribution in [1.29, 1.82) is 0 Å². The molecular formula is C14H25N3. The maximum Gasteiger partial charge on any atom is 0.0632 e. The van der Waals surface area contributed by atoms with Gasteiger partial charge in [-0.2, -0.15) is 0 Å². The predicted octanol–water partition coefficient (Wildman–Crippen LogP) is 3.34. The summed E-state index contributed by atoms with van der Waals surface area (Å²) >= 11 is 0. The summed E-state index contributed by atoms with van der Waals surface area (Å²) in [6.45, 7) is 2.25. The third-order valence-electron chi connectivity index (χ3n) is 3.09. The van der Waals surface area contributed by atoms with Crippen LogP contribution in [-0.4, -0.2) is 4.98 Å². The molecule has 1 unspecified atom stereocenters. The van der Waals surface area contributed by atoms with Gasteiger partial charge < -0.3 is 0 Å². The fraction of sp³-hybridized carbons (Fsp3) is 0.643. The lowest BCUT2D eigenvalue weighted by atomic mass is 10.0. The standard InChI is InChI=1S/C14H25N3/c1-2-3-4-5-6-7-11-14(17-15)13-10-8-9-12-16-13/h8-10,12,14,17H,2-7,11,15H2,1H3. The highest BCUT2D eigenvalue weighted by Gasteiger charge is 2.09. The van der Waals surface area contributed by atoms with Gasteiger partial charge in [0, 0.05) is 6.20 Å². The van der Waals surface area contributed by atoms with E-state index in [0.717, 1.165) is 12.1 Å². The molecule has 17 heavy (non-hydrogen) atoms. The van der Waals surface area contributed by atoms with Crippen LogP contribution in [0.4, 0.5) is 0 Å². The Hall–Kier alpha value is -0.930. The van der Waals surface area contributed by atoms with Gasteiger partial charge in [-0.1, -0.05) is 51.5 Å². The molecule has 0 aliphatic heterocycles. The summed E-state index contributed by atoms with van der Waals surface area (Å²) < 4.78 is 0. The highest BCUT2D eigenvalue weighted by molar-refractivity contribution is 5.08. The molecule has 0 amide bonds. The van der Waals surface area contributed by atoms with Crippen LogP contribution in [0.2, 0.25) is 0 Å². The van der Waals surface area contributed by atoms with Crippen LogP contribution in [0.25, 0.3) is 0 Å². The van der Waals surface area contributed by atoms with Crippen molar-refractivity contribution in [2.75, 3.05) is 0 Å². The van der Waals surface area contributed by atoms with Crippen molar-refractivity contribution < 1.29 is 0 Å². The highest BCUT2D eigenvalue weighted by Crippen LogP contribution is 2.17. The zero-order valence-corrected chi connectivity index (χ0v) is 10.9. The number of unbranched alkanes of at least 4 members (excludes halogenated alkanes) is 5. The first kappa shape index (κ1) is 14.1. The maximum atomic E-state index is 5.58. The first-order valence-electron chi connectivity index (χ1n) is 6.75. The van der Waals surface area contributed by atoms with E-state index in [2.05, 4.69) is 17.3 Å². The van der Waals surface area contributed by atoms with Crippen LogP contribution < -0.4 is 11.3 Å². The van der Waals surface area contributed by atoms with Crippen molar-refractivity contribution in [2.24, 2.45) is 5.84 Å². The minimum atomic E-state index is 0.197. The monoisotopic (exact) mass is 235 g/mol. The molecule has 1 aromatic rings. The summed E-state index contributed by atoms with van der Waals surface area (Å²) in [4.78, 5) is 4.34. The molecule has 1 aromatic heterocycles. The lowest BCUT2D eigenvalue weighted by Crippen LogP contribution is -2.28. The van der Waals surface area contributed by atoms with E-state index < -0.39 is 0 Å². The largest absolute Gasteiger partial charge is 0.271 e. The second-order valence-electron chi connectivity index (χ2n) is 4.53. The summed E-state index contributed by atoms with van der Waals surface area (Å²) in [6, 6.07) is 6.17. The Morgan fingerprint density at radius 2 is 1.94 bits per heavy atom. The van der Waals surface area contributed by atoms with E-state index in [9.17, 15) is 0 Å². The van der Waals surface area contributed by atoms with Crippen molar-refractivity contribution in [3.63, 3.8) is 0 Å². The van der Waals surface area contributed by atoms with Crippen LogP contribution in [0.5, 0.6) is 0 Å². The fourth-order valence-corrected chi connectivity index (χ4v) is 2.03. The molecule has 1 atom stereocenters. The van der Waals surface area contributed by atoms with Crippen molar-refractivity contribution in [1.82, 2.24) is 10.4 Å². The first-order chi connectivity index (χ1) is 8.38. The zero-order valence-electron chi connectivity index (χ0n) is 10.9. The number of hydrazine groups is 1. The molecule has 0 spiro atoms. The number of hydrogen-bond acceptors (Lipinski definition) is 3. The van der Waals surface area contributed by atoms with E-state index in [-0.39, 0.29) is 6.04 Å². The van der Waals surface area contributed by atoms with E-state index in [4.69, 9.17) is 5.84 Å². The van der Waals surface area contributed by atoms with Crippen molar-refractivity contribution in [3.05, 3.63) is 30.1 Å². The van der Waals surface area contributed by atoms with Crippen LogP contribution in [0.3, 0.4) is 0 Å². The third-order valence-corrected chi connectivity index (χ3v) is 3.09. The fourth-order valence-electron chi connectivity index (χ4n) is 2.03. The smallest absolute Gasteiger partial charge is 0.0632 e. The summed E-state index contributed by atoms with van der Waals surface area (Å²) in [7, 11) is 0. The number of pyridine rings is 1. The average Bonchev–Trinajstić information content (AvgIpc) is 2.39. The van der Waals surface area contributed by atoms with E-state index >= 15 is 0 Å². The van der Waals surface area contributed by atoms with Gasteiger partial charge >= 0.3 is 0 Å². The number of aromatic nitrogens is 1. The van der Waals surface area contributed by atoms with E-state index in [1.807, 2.05) is 24.4 Å². The first-order valence-corrected chi connectivity index (χ1v) is 6.75. The molecule has 1 rings (SSSR count). The van der Waals surface area contributed by atoms with E-state index in [1.54, 1.807) is 0 Å². The topological polar surface area (TPSA) is 50.9 Å². The Bertz CT molecular complexity index is 274. The quantitative estimate of drug-likeness (QED) is 0.392. The van der Waals surface area contributed by atoms with Crippen LogP contribution >= 0.6 is 0 Å². The molecule has 0 fully saturated rings. The maximum absolute atomic E-state index is 5.58. The molecule has 96 valence electrons. The van der Waals surface area contributed by atoms with Crippen LogP contribution in [0.15, 0.2) is 24.4 Å². The number of nitrogens with two attached hydrogens (primary N) is 1. The molecule has 0 bridgehead atoms. The molecule has 3 N–H and O–H groups in total. The van der Waals surface area contributed by atoms with Crippen LogP contribution in [-0.2, 0) is 0 Å². The second-order valence-corrected chi connectivity index (χ2v) is 4.53. The SMILES string of the molecule is CCCCCCCCC(NN)c1ccccn1. The van der Waals surface area contributed by atoms with Gasteiger partial charge in [-0.3, -0.25) is 16.3 Å². The summed E-state index contributed by atoms with van der Waals surface area (Å²) in [5.74, 6) is 5.58. The highest BCUT2D eigenvalue weighted by atomic mass is 15.2. The van der Waals surface area contributed by atoms with Crippen LogP contribution in [0.1, 0.15) is 63.6 Å². The molecule has 0 saturated heterocycles. The van der Waals surface area contributed by atoms with Crippen molar-refractivity contribution >= 4 is 0 Å². The van der Waals surface area contributed by atoms with E-state index in [1.165, 1.54) is 38.5 Å². The summed E-state index contributed by atoms with van der Waals surface area (Å²) in [5.41, 5.74) is 3.90. The third kappa shape index (κ3) is 5.80. The number of hydrogen-bond donors (Lipinski definition) is 2. The number of nitrogens with zero attached hydrogens (tertiary/aromatic N) is 1.